The van der Waals surface area contributed by atoms with Crippen LogP contribution in [0, 0.1) is 5.82 Å². The topological polar surface area (TPSA) is 43.8 Å². The summed E-state index contributed by atoms with van der Waals surface area (Å²) in [5, 5.41) is 6.84. The largest absolute Gasteiger partial charge is 0.383 e. The highest BCUT2D eigenvalue weighted by atomic mass is 35.5. The lowest BCUT2D eigenvalue weighted by atomic mass is 10.0. The van der Waals surface area contributed by atoms with Gasteiger partial charge in [-0.1, -0.05) is 29.8 Å². The van der Waals surface area contributed by atoms with E-state index >= 15 is 0 Å². The van der Waals surface area contributed by atoms with Crippen molar-refractivity contribution < 1.29 is 4.39 Å². The molecule has 1 aromatic carbocycles. The van der Waals surface area contributed by atoms with Gasteiger partial charge in [0.1, 0.15) is 17.3 Å². The molecule has 0 radical (unpaired) electrons. The summed E-state index contributed by atoms with van der Waals surface area (Å²) < 4.78 is 15.6. The van der Waals surface area contributed by atoms with Crippen molar-refractivity contribution in [2.24, 2.45) is 7.05 Å². The van der Waals surface area contributed by atoms with E-state index in [1.165, 1.54) is 22.1 Å². The zero-order valence-electron chi connectivity index (χ0n) is 10.6. The minimum absolute atomic E-state index is 0.332. The number of anilines is 1. The summed E-state index contributed by atoms with van der Waals surface area (Å²) in [7, 11) is 1.73. The number of aryl methyl sites for hydroxylation is 1. The van der Waals surface area contributed by atoms with Crippen molar-refractivity contribution in [3.8, 4) is 21.7 Å². The van der Waals surface area contributed by atoms with Crippen molar-refractivity contribution >= 4 is 28.8 Å². The monoisotopic (exact) mass is 307 g/mol. The maximum Gasteiger partial charge on any atom is 0.131 e. The lowest BCUT2D eigenvalue weighted by Crippen LogP contribution is -1.98. The highest BCUT2D eigenvalue weighted by Gasteiger charge is 2.22. The second-order valence-electron chi connectivity index (χ2n) is 4.31. The molecule has 0 aliphatic rings. The highest BCUT2D eigenvalue weighted by Crippen LogP contribution is 2.41. The van der Waals surface area contributed by atoms with Crippen molar-refractivity contribution in [1.82, 2.24) is 9.78 Å². The zero-order chi connectivity index (χ0) is 14.3. The van der Waals surface area contributed by atoms with Gasteiger partial charge >= 0.3 is 0 Å². The fourth-order valence-electron chi connectivity index (χ4n) is 2.09. The first kappa shape index (κ1) is 13.1. The molecule has 0 atom stereocenters. The number of nitrogens with two attached hydrogens (primary N) is 1. The molecule has 2 N–H and O–H groups in total. The Morgan fingerprint density at radius 3 is 2.70 bits per heavy atom. The summed E-state index contributed by atoms with van der Waals surface area (Å²) in [6, 6.07) is 8.29. The number of rotatable bonds is 2. The molecule has 0 amide bonds. The molecule has 102 valence electrons. The predicted octanol–water partition coefficient (Wildman–Crippen LogP) is 4.19. The van der Waals surface area contributed by atoms with Gasteiger partial charge in [0, 0.05) is 12.6 Å². The summed E-state index contributed by atoms with van der Waals surface area (Å²) >= 11 is 7.62. The van der Waals surface area contributed by atoms with E-state index in [0.29, 0.717) is 27.7 Å². The van der Waals surface area contributed by atoms with Gasteiger partial charge in [-0.05, 0) is 17.5 Å². The Hall–Kier alpha value is -1.85. The summed E-state index contributed by atoms with van der Waals surface area (Å²) in [5.41, 5.74) is 7.67. The van der Waals surface area contributed by atoms with E-state index in [9.17, 15) is 4.39 Å². The number of nitrogens with zero attached hydrogens (tertiary/aromatic N) is 2. The second kappa shape index (κ2) is 4.92. The first-order valence-electron chi connectivity index (χ1n) is 5.90. The van der Waals surface area contributed by atoms with E-state index in [1.807, 2.05) is 5.38 Å². The van der Waals surface area contributed by atoms with Crippen molar-refractivity contribution in [3.63, 3.8) is 0 Å². The van der Waals surface area contributed by atoms with Gasteiger partial charge in [0.05, 0.1) is 15.5 Å². The second-order valence-corrected chi connectivity index (χ2v) is 5.63. The van der Waals surface area contributed by atoms with Crippen LogP contribution in [-0.2, 0) is 7.05 Å². The third-order valence-corrected chi connectivity index (χ3v) is 4.42. The molecule has 0 saturated carbocycles. The molecule has 0 aliphatic carbocycles. The van der Waals surface area contributed by atoms with E-state index in [4.69, 9.17) is 17.3 Å². The van der Waals surface area contributed by atoms with Gasteiger partial charge in [-0.3, -0.25) is 4.68 Å². The van der Waals surface area contributed by atoms with Crippen LogP contribution in [0.5, 0.6) is 0 Å². The highest BCUT2D eigenvalue weighted by molar-refractivity contribution is 7.14. The molecular weight excluding hydrogens is 297 g/mol. The van der Waals surface area contributed by atoms with Crippen molar-refractivity contribution in [2.45, 2.75) is 0 Å². The summed E-state index contributed by atoms with van der Waals surface area (Å²) in [5.74, 6) is 0.0793. The van der Waals surface area contributed by atoms with E-state index in [1.54, 1.807) is 31.3 Å². The van der Waals surface area contributed by atoms with Crippen LogP contribution in [-0.4, -0.2) is 9.78 Å². The number of halogens is 2. The van der Waals surface area contributed by atoms with Crippen LogP contribution in [0.2, 0.25) is 5.02 Å². The summed E-state index contributed by atoms with van der Waals surface area (Å²) in [6.07, 6.45) is 0. The number of hydrogen-bond donors (Lipinski definition) is 1. The Kier molecular flexibility index (Phi) is 3.23. The summed E-state index contributed by atoms with van der Waals surface area (Å²) in [4.78, 5) is 0.789. The Morgan fingerprint density at radius 2 is 2.05 bits per heavy atom. The third-order valence-electron chi connectivity index (χ3n) is 3.07. The third kappa shape index (κ3) is 1.99. The van der Waals surface area contributed by atoms with E-state index < -0.39 is 0 Å². The van der Waals surface area contributed by atoms with Crippen LogP contribution in [0.15, 0.2) is 35.7 Å². The Balaban J connectivity index is 2.31. The first-order valence-corrected chi connectivity index (χ1v) is 7.16. The lowest BCUT2D eigenvalue weighted by Gasteiger charge is -2.04. The molecule has 0 fully saturated rings. The number of hydrogen-bond acceptors (Lipinski definition) is 3. The van der Waals surface area contributed by atoms with Crippen molar-refractivity contribution in [3.05, 3.63) is 46.6 Å². The Bertz CT molecular complexity index is 779. The fourth-order valence-corrected chi connectivity index (χ4v) is 3.22. The molecule has 0 aliphatic heterocycles. The molecule has 2 heterocycles. The van der Waals surface area contributed by atoms with E-state index in [-0.39, 0.29) is 5.82 Å². The van der Waals surface area contributed by atoms with Crippen LogP contribution < -0.4 is 5.73 Å². The fraction of sp³-hybridized carbons (Fsp3) is 0.0714. The SMILES string of the molecule is Cn1nc(-c2sccc2Cl)c(-c2ccccc2F)c1N. The maximum atomic E-state index is 14.1. The van der Waals surface area contributed by atoms with Gasteiger partial charge in [-0.2, -0.15) is 5.10 Å². The molecule has 3 rings (SSSR count). The van der Waals surface area contributed by atoms with Gasteiger partial charge in [-0.15, -0.1) is 11.3 Å². The number of benzene rings is 1. The standard InChI is InChI=1S/C14H11ClFN3S/c1-19-14(17)11(8-4-2-3-5-10(8)16)12(18-19)13-9(15)6-7-20-13/h2-7H,17H2,1H3. The van der Waals surface area contributed by atoms with Crippen LogP contribution in [0.1, 0.15) is 0 Å². The predicted molar refractivity (Wildman–Crippen MR) is 81.3 cm³/mol. The molecule has 3 nitrogen and oxygen atoms in total. The lowest BCUT2D eigenvalue weighted by molar-refractivity contribution is 0.631. The molecule has 20 heavy (non-hydrogen) atoms. The van der Waals surface area contributed by atoms with Crippen LogP contribution >= 0.6 is 22.9 Å². The van der Waals surface area contributed by atoms with Crippen molar-refractivity contribution in [2.75, 3.05) is 5.73 Å². The van der Waals surface area contributed by atoms with E-state index in [0.717, 1.165) is 4.88 Å². The van der Waals surface area contributed by atoms with Crippen molar-refractivity contribution in [1.29, 1.82) is 0 Å². The number of nitrogen functional groups attached to an aromatic ring is 1. The number of aromatic nitrogens is 2. The van der Waals surface area contributed by atoms with Gasteiger partial charge in [0.2, 0.25) is 0 Å². The zero-order valence-corrected chi connectivity index (χ0v) is 12.2. The van der Waals surface area contributed by atoms with Crippen LogP contribution in [0.25, 0.3) is 21.7 Å². The Labute approximate surface area is 124 Å². The molecule has 2 aromatic heterocycles. The smallest absolute Gasteiger partial charge is 0.131 e. The van der Waals surface area contributed by atoms with Gasteiger partial charge < -0.3 is 5.73 Å². The van der Waals surface area contributed by atoms with Crippen LogP contribution in [0.3, 0.4) is 0 Å². The molecule has 0 spiro atoms. The molecule has 6 heteroatoms. The molecule has 0 unspecified atom stereocenters. The average Bonchev–Trinajstić information content (AvgIpc) is 2.96. The first-order chi connectivity index (χ1) is 9.59. The Morgan fingerprint density at radius 1 is 1.30 bits per heavy atom. The van der Waals surface area contributed by atoms with E-state index in [2.05, 4.69) is 5.10 Å². The quantitative estimate of drug-likeness (QED) is 0.771. The maximum absolute atomic E-state index is 14.1. The molecule has 0 bridgehead atoms. The van der Waals surface area contributed by atoms with Gasteiger partial charge in [0.15, 0.2) is 0 Å². The minimum atomic E-state index is -0.332. The molecule has 3 aromatic rings. The average molecular weight is 308 g/mol. The number of thiophene rings is 1. The normalized spacial score (nSPS) is 10.9. The van der Waals surface area contributed by atoms with Gasteiger partial charge in [-0.25, -0.2) is 4.39 Å². The summed E-state index contributed by atoms with van der Waals surface area (Å²) in [6.45, 7) is 0. The molecular formula is C14H11ClFN3S. The van der Waals surface area contributed by atoms with Gasteiger partial charge in [0.25, 0.3) is 0 Å². The molecule has 0 saturated heterocycles. The minimum Gasteiger partial charge on any atom is -0.383 e. The van der Waals surface area contributed by atoms with Crippen LogP contribution in [0.4, 0.5) is 10.2 Å².